The third-order valence-corrected chi connectivity index (χ3v) is 3.35. The number of carbonyl (C=O) groups is 1. The van der Waals surface area contributed by atoms with Crippen LogP contribution in [0.3, 0.4) is 0 Å². The third kappa shape index (κ3) is 0.953. The van der Waals surface area contributed by atoms with Crippen molar-refractivity contribution in [2.45, 2.75) is 39.9 Å². The summed E-state index contributed by atoms with van der Waals surface area (Å²) >= 11 is 0. The van der Waals surface area contributed by atoms with Crippen LogP contribution in [-0.2, 0) is 9.53 Å². The summed E-state index contributed by atoms with van der Waals surface area (Å²) < 4.78 is 5.77. The van der Waals surface area contributed by atoms with Crippen molar-refractivity contribution >= 4 is 5.78 Å². The van der Waals surface area contributed by atoms with Crippen LogP contribution in [0.5, 0.6) is 0 Å². The predicted molar refractivity (Wildman–Crippen MR) is 50.4 cm³/mol. The zero-order valence-corrected chi connectivity index (χ0v) is 8.63. The molecule has 0 aliphatic carbocycles. The van der Waals surface area contributed by atoms with E-state index in [4.69, 9.17) is 4.74 Å². The first kappa shape index (κ1) is 8.95. The van der Waals surface area contributed by atoms with Crippen molar-refractivity contribution in [1.29, 1.82) is 0 Å². The number of carbonyl (C=O) groups excluding carboxylic acids is 1. The van der Waals surface area contributed by atoms with Crippen LogP contribution in [0.1, 0.15) is 27.7 Å². The highest BCUT2D eigenvalue weighted by atomic mass is 16.5. The lowest BCUT2D eigenvalue weighted by atomic mass is 9.68. The normalized spacial score (nSPS) is 39.5. The highest BCUT2D eigenvalue weighted by Crippen LogP contribution is 2.46. The van der Waals surface area contributed by atoms with Gasteiger partial charge in [0.05, 0.1) is 23.0 Å². The van der Waals surface area contributed by atoms with Crippen LogP contribution >= 0.6 is 0 Å². The zero-order valence-electron chi connectivity index (χ0n) is 8.63. The van der Waals surface area contributed by atoms with E-state index in [1.54, 1.807) is 0 Å². The second-order valence-electron chi connectivity index (χ2n) is 5.13. The molecule has 2 heteroatoms. The van der Waals surface area contributed by atoms with E-state index in [0.29, 0.717) is 5.78 Å². The quantitative estimate of drug-likeness (QED) is 0.532. The van der Waals surface area contributed by atoms with Gasteiger partial charge in [-0.2, -0.15) is 0 Å². The number of Topliss-reactive ketones (excluding diaryl/α,β-unsaturated/α-hetero) is 1. The van der Waals surface area contributed by atoms with Crippen LogP contribution in [0, 0.1) is 10.8 Å². The van der Waals surface area contributed by atoms with Gasteiger partial charge in [-0.25, -0.2) is 0 Å². The molecule has 2 nitrogen and oxygen atoms in total. The second kappa shape index (κ2) is 2.24. The fourth-order valence-electron chi connectivity index (χ4n) is 2.36. The summed E-state index contributed by atoms with van der Waals surface area (Å²) in [5.41, 5.74) is -0.736. The molecule has 0 unspecified atom stereocenters. The van der Waals surface area contributed by atoms with Crippen LogP contribution in [0.15, 0.2) is 12.2 Å². The van der Waals surface area contributed by atoms with Gasteiger partial charge >= 0.3 is 0 Å². The molecule has 0 aromatic rings. The van der Waals surface area contributed by atoms with Gasteiger partial charge in [-0.05, 0) is 0 Å². The van der Waals surface area contributed by atoms with Gasteiger partial charge in [0.1, 0.15) is 5.78 Å². The van der Waals surface area contributed by atoms with Gasteiger partial charge in [0.2, 0.25) is 0 Å². The Labute approximate surface area is 79.0 Å². The minimum atomic E-state index is -0.368. The van der Waals surface area contributed by atoms with Gasteiger partial charge in [0, 0.05) is 0 Å². The smallest absolute Gasteiger partial charge is 0.149 e. The van der Waals surface area contributed by atoms with E-state index in [1.165, 1.54) is 0 Å². The van der Waals surface area contributed by atoms with Crippen molar-refractivity contribution in [2.24, 2.45) is 10.8 Å². The van der Waals surface area contributed by atoms with Gasteiger partial charge in [-0.15, -0.1) is 0 Å². The van der Waals surface area contributed by atoms with Crippen LogP contribution in [0.2, 0.25) is 0 Å². The molecule has 0 amide bonds. The van der Waals surface area contributed by atoms with Crippen LogP contribution in [0.25, 0.3) is 0 Å². The minimum absolute atomic E-state index is 0.0157. The van der Waals surface area contributed by atoms with Crippen LogP contribution in [0.4, 0.5) is 0 Å². The Morgan fingerprint density at radius 1 is 1.08 bits per heavy atom. The van der Waals surface area contributed by atoms with Crippen molar-refractivity contribution in [1.82, 2.24) is 0 Å². The monoisotopic (exact) mass is 180 g/mol. The van der Waals surface area contributed by atoms with E-state index in [-0.39, 0.29) is 23.0 Å². The molecule has 2 aliphatic heterocycles. The fraction of sp³-hybridized carbons (Fsp3) is 0.727. The Hall–Kier alpha value is -0.630. The van der Waals surface area contributed by atoms with Crippen LogP contribution in [-0.4, -0.2) is 18.0 Å². The van der Waals surface area contributed by atoms with E-state index in [0.717, 1.165) is 0 Å². The minimum Gasteiger partial charge on any atom is -0.365 e. The molecule has 0 radical (unpaired) electrons. The molecule has 0 aromatic heterocycles. The first-order valence-corrected chi connectivity index (χ1v) is 4.75. The topological polar surface area (TPSA) is 26.3 Å². The van der Waals surface area contributed by atoms with Crippen molar-refractivity contribution < 1.29 is 9.53 Å². The molecule has 0 aromatic carbocycles. The number of ketones is 1. The zero-order chi connectivity index (χ0) is 9.85. The SMILES string of the molecule is CC1(C)C(=O)C(C)(C)[C@H]2C=C[C@@H]1O2. The Balaban J connectivity index is 2.47. The molecule has 0 N–H and O–H groups in total. The highest BCUT2D eigenvalue weighted by molar-refractivity contribution is 5.92. The van der Waals surface area contributed by atoms with Gasteiger partial charge in [0.25, 0.3) is 0 Å². The van der Waals surface area contributed by atoms with Crippen LogP contribution < -0.4 is 0 Å². The second-order valence-corrected chi connectivity index (χ2v) is 5.13. The molecule has 1 saturated heterocycles. The Kier molecular flexibility index (Phi) is 1.54. The fourth-order valence-corrected chi connectivity index (χ4v) is 2.36. The molecule has 1 fully saturated rings. The number of ether oxygens (including phenoxy) is 1. The molecular formula is C11H16O2. The Bertz CT molecular complexity index is 260. The lowest BCUT2D eigenvalue weighted by molar-refractivity contribution is -0.166. The summed E-state index contributed by atoms with van der Waals surface area (Å²) in [7, 11) is 0. The summed E-state index contributed by atoms with van der Waals surface area (Å²) in [6.45, 7) is 7.86. The largest absolute Gasteiger partial charge is 0.365 e. The lowest BCUT2D eigenvalue weighted by Gasteiger charge is -2.44. The maximum absolute atomic E-state index is 12.1. The molecule has 0 spiro atoms. The van der Waals surface area contributed by atoms with Crippen molar-refractivity contribution in [3.05, 3.63) is 12.2 Å². The molecule has 2 atom stereocenters. The van der Waals surface area contributed by atoms with Gasteiger partial charge in [0.15, 0.2) is 0 Å². The summed E-state index contributed by atoms with van der Waals surface area (Å²) in [4.78, 5) is 12.1. The maximum atomic E-state index is 12.1. The molecule has 2 bridgehead atoms. The molecule has 0 saturated carbocycles. The summed E-state index contributed by atoms with van der Waals surface area (Å²) in [5.74, 6) is 0.311. The van der Waals surface area contributed by atoms with Crippen molar-refractivity contribution in [3.63, 3.8) is 0 Å². The van der Waals surface area contributed by atoms with Crippen molar-refractivity contribution in [2.75, 3.05) is 0 Å². The standard InChI is InChI=1S/C11H16O2/c1-10(2)7-5-6-8(13-7)11(3,4)9(10)12/h5-8H,1-4H3/t7-,8+. The third-order valence-electron chi connectivity index (χ3n) is 3.35. The number of hydrogen-bond donors (Lipinski definition) is 0. The van der Waals surface area contributed by atoms with E-state index in [1.807, 2.05) is 39.8 Å². The summed E-state index contributed by atoms with van der Waals surface area (Å²) in [6, 6.07) is 0. The Morgan fingerprint density at radius 2 is 1.46 bits per heavy atom. The van der Waals surface area contributed by atoms with E-state index in [2.05, 4.69) is 0 Å². The highest BCUT2D eigenvalue weighted by Gasteiger charge is 2.55. The maximum Gasteiger partial charge on any atom is 0.149 e. The van der Waals surface area contributed by atoms with E-state index < -0.39 is 0 Å². The first-order valence-electron chi connectivity index (χ1n) is 4.75. The predicted octanol–water partition coefficient (Wildman–Crippen LogP) is 1.95. The molecule has 72 valence electrons. The number of fused-ring (bicyclic) bond motifs is 2. The summed E-state index contributed by atoms with van der Waals surface area (Å²) in [5, 5.41) is 0. The molecular weight excluding hydrogens is 164 g/mol. The first-order chi connectivity index (χ1) is 5.87. The van der Waals surface area contributed by atoms with Gasteiger partial charge in [-0.1, -0.05) is 39.8 Å². The molecule has 2 aliphatic rings. The van der Waals surface area contributed by atoms with Crippen molar-refractivity contribution in [3.8, 4) is 0 Å². The average Bonchev–Trinajstić information content (AvgIpc) is 2.48. The van der Waals surface area contributed by atoms with E-state index >= 15 is 0 Å². The van der Waals surface area contributed by atoms with Gasteiger partial charge in [-0.3, -0.25) is 4.79 Å². The number of rotatable bonds is 0. The Morgan fingerprint density at radius 3 is 1.85 bits per heavy atom. The average molecular weight is 180 g/mol. The molecule has 2 heterocycles. The summed E-state index contributed by atoms with van der Waals surface area (Å²) in [6.07, 6.45) is 4.02. The van der Waals surface area contributed by atoms with E-state index in [9.17, 15) is 4.79 Å². The lowest BCUT2D eigenvalue weighted by Crippen LogP contribution is -2.54. The molecule has 2 rings (SSSR count). The number of hydrogen-bond acceptors (Lipinski definition) is 2. The van der Waals surface area contributed by atoms with Gasteiger partial charge < -0.3 is 4.74 Å². The molecule has 13 heavy (non-hydrogen) atoms.